The fourth-order valence-corrected chi connectivity index (χ4v) is 2.39. The van der Waals surface area contributed by atoms with Crippen molar-refractivity contribution in [1.82, 2.24) is 5.43 Å². The summed E-state index contributed by atoms with van der Waals surface area (Å²) in [7, 11) is 1.79. The van der Waals surface area contributed by atoms with E-state index in [2.05, 4.69) is 5.43 Å². The van der Waals surface area contributed by atoms with Crippen LogP contribution in [0.5, 0.6) is 0 Å². The quantitative estimate of drug-likeness (QED) is 0.343. The summed E-state index contributed by atoms with van der Waals surface area (Å²) in [4.78, 5) is 2.72. The predicted molar refractivity (Wildman–Crippen MR) is 53.0 cm³/mol. The fourth-order valence-electron chi connectivity index (χ4n) is 1.33. The molecule has 0 fully saturated rings. The standard InChI is InChI=1S/C8H11N3OS/c1-11-6-4-2-3-5-7(6)13-8(11,12)10-9/h2-5,10,12H,9H2,1H3/t8-/m1/s1. The molecule has 4 N–H and O–H groups in total. The molecule has 1 aliphatic rings. The Labute approximate surface area is 80.7 Å². The number of fused-ring (bicyclic) bond motifs is 1. The molecule has 0 aliphatic carbocycles. The van der Waals surface area contributed by atoms with Gasteiger partial charge in [0.2, 0.25) is 0 Å². The molecule has 5 heteroatoms. The molecule has 0 saturated carbocycles. The molecule has 1 aromatic carbocycles. The minimum atomic E-state index is -1.22. The van der Waals surface area contributed by atoms with E-state index in [1.165, 1.54) is 11.8 Å². The van der Waals surface area contributed by atoms with Crippen molar-refractivity contribution in [2.45, 2.75) is 10.1 Å². The highest BCUT2D eigenvalue weighted by Gasteiger charge is 2.40. The maximum absolute atomic E-state index is 9.94. The number of para-hydroxylation sites is 1. The first-order chi connectivity index (χ1) is 6.17. The summed E-state index contributed by atoms with van der Waals surface area (Å²) < 4.78 is 0. The third kappa shape index (κ3) is 1.21. The molecule has 4 nitrogen and oxygen atoms in total. The van der Waals surface area contributed by atoms with Gasteiger partial charge in [-0.15, -0.1) is 0 Å². The first kappa shape index (κ1) is 8.83. The van der Waals surface area contributed by atoms with Crippen LogP contribution >= 0.6 is 11.8 Å². The van der Waals surface area contributed by atoms with Crippen LogP contribution in [0.1, 0.15) is 0 Å². The molecule has 1 atom stereocenters. The van der Waals surface area contributed by atoms with Crippen molar-refractivity contribution >= 4 is 17.4 Å². The molecule has 1 aromatic rings. The van der Waals surface area contributed by atoms with E-state index in [9.17, 15) is 5.11 Å². The topological polar surface area (TPSA) is 61.5 Å². The summed E-state index contributed by atoms with van der Waals surface area (Å²) in [5.74, 6) is 5.28. The fraction of sp³-hybridized carbons (Fsp3) is 0.250. The average molecular weight is 197 g/mol. The lowest BCUT2D eigenvalue weighted by Crippen LogP contribution is -2.55. The Bertz CT molecular complexity index is 333. The van der Waals surface area contributed by atoms with Gasteiger partial charge in [0.25, 0.3) is 5.18 Å². The van der Waals surface area contributed by atoms with Gasteiger partial charge < -0.3 is 10.0 Å². The summed E-state index contributed by atoms with van der Waals surface area (Å²) in [5, 5.41) is 8.72. The highest BCUT2D eigenvalue weighted by molar-refractivity contribution is 8.01. The summed E-state index contributed by atoms with van der Waals surface area (Å²) in [5.41, 5.74) is 3.36. The van der Waals surface area contributed by atoms with E-state index in [-0.39, 0.29) is 0 Å². The molecule has 13 heavy (non-hydrogen) atoms. The second-order valence-corrected chi connectivity index (χ2v) is 4.09. The van der Waals surface area contributed by atoms with Crippen LogP contribution in [0.4, 0.5) is 5.69 Å². The van der Waals surface area contributed by atoms with Crippen molar-refractivity contribution in [2.75, 3.05) is 11.9 Å². The molecular weight excluding hydrogens is 186 g/mol. The van der Waals surface area contributed by atoms with Gasteiger partial charge in [-0.1, -0.05) is 12.1 Å². The van der Waals surface area contributed by atoms with Crippen molar-refractivity contribution in [1.29, 1.82) is 0 Å². The second-order valence-electron chi connectivity index (χ2n) is 2.88. The molecule has 0 saturated heterocycles. The van der Waals surface area contributed by atoms with Gasteiger partial charge in [-0.3, -0.25) is 5.84 Å². The van der Waals surface area contributed by atoms with Crippen molar-refractivity contribution in [2.24, 2.45) is 5.84 Å². The van der Waals surface area contributed by atoms with E-state index >= 15 is 0 Å². The van der Waals surface area contributed by atoms with Crippen molar-refractivity contribution in [3.05, 3.63) is 24.3 Å². The lowest BCUT2D eigenvalue weighted by molar-refractivity contribution is 0.104. The van der Waals surface area contributed by atoms with Crippen LogP contribution < -0.4 is 16.2 Å². The number of nitrogens with zero attached hydrogens (tertiary/aromatic N) is 1. The Balaban J connectivity index is 2.43. The van der Waals surface area contributed by atoms with Gasteiger partial charge in [0.05, 0.1) is 5.69 Å². The molecule has 0 radical (unpaired) electrons. The Morgan fingerprint density at radius 3 is 2.85 bits per heavy atom. The zero-order chi connectivity index (χ0) is 9.47. The second kappa shape index (κ2) is 2.88. The smallest absolute Gasteiger partial charge is 0.264 e. The monoisotopic (exact) mass is 197 g/mol. The Morgan fingerprint density at radius 1 is 1.54 bits per heavy atom. The van der Waals surface area contributed by atoms with Gasteiger partial charge in [-0.05, 0) is 23.9 Å². The van der Waals surface area contributed by atoms with E-state index in [1.807, 2.05) is 24.3 Å². The average Bonchev–Trinajstić information content (AvgIpc) is 2.41. The Kier molecular flexibility index (Phi) is 1.96. The molecule has 0 amide bonds. The lowest BCUT2D eigenvalue weighted by Gasteiger charge is -2.29. The largest absolute Gasteiger partial charge is 0.349 e. The van der Waals surface area contributed by atoms with Gasteiger partial charge in [-0.25, -0.2) is 5.43 Å². The maximum Gasteiger partial charge on any atom is 0.264 e. The van der Waals surface area contributed by atoms with E-state index in [1.54, 1.807) is 11.9 Å². The Morgan fingerprint density at radius 2 is 2.23 bits per heavy atom. The van der Waals surface area contributed by atoms with Gasteiger partial charge in [0.15, 0.2) is 0 Å². The number of nitrogens with two attached hydrogens (primary N) is 1. The summed E-state index contributed by atoms with van der Waals surface area (Å²) in [6, 6.07) is 7.75. The van der Waals surface area contributed by atoms with Crippen molar-refractivity contribution in [3.8, 4) is 0 Å². The van der Waals surface area contributed by atoms with Crippen LogP contribution in [0, 0.1) is 0 Å². The summed E-state index contributed by atoms with van der Waals surface area (Å²) in [6.45, 7) is 0. The van der Waals surface area contributed by atoms with Gasteiger partial charge in [-0.2, -0.15) is 0 Å². The van der Waals surface area contributed by atoms with E-state index < -0.39 is 5.18 Å². The third-order valence-corrected chi connectivity index (χ3v) is 3.36. The van der Waals surface area contributed by atoms with E-state index in [0.717, 1.165) is 10.6 Å². The van der Waals surface area contributed by atoms with E-state index in [0.29, 0.717) is 0 Å². The highest BCUT2D eigenvalue weighted by Crippen LogP contribution is 2.45. The zero-order valence-corrected chi connectivity index (χ0v) is 8.01. The number of hydrogen-bond donors (Lipinski definition) is 3. The van der Waals surface area contributed by atoms with Gasteiger partial charge in [0.1, 0.15) is 0 Å². The SMILES string of the molecule is CN1c2ccccc2S[C@]1(O)NN. The number of hydrazine groups is 1. The van der Waals surface area contributed by atoms with E-state index in [4.69, 9.17) is 5.84 Å². The lowest BCUT2D eigenvalue weighted by atomic mass is 10.3. The van der Waals surface area contributed by atoms with Crippen LogP contribution in [-0.4, -0.2) is 17.3 Å². The number of aliphatic hydroxyl groups is 1. The maximum atomic E-state index is 9.94. The first-order valence-electron chi connectivity index (χ1n) is 3.89. The molecule has 0 bridgehead atoms. The third-order valence-electron chi connectivity index (χ3n) is 2.12. The molecule has 1 heterocycles. The number of anilines is 1. The molecule has 2 rings (SSSR count). The summed E-state index contributed by atoms with van der Waals surface area (Å²) >= 11 is 1.29. The molecule has 0 aromatic heterocycles. The molecule has 70 valence electrons. The number of thioether (sulfide) groups is 1. The number of benzene rings is 1. The number of hydrogen-bond acceptors (Lipinski definition) is 5. The van der Waals surface area contributed by atoms with Crippen LogP contribution in [-0.2, 0) is 0 Å². The highest BCUT2D eigenvalue weighted by atomic mass is 32.2. The normalized spacial score (nSPS) is 26.2. The molecule has 0 spiro atoms. The van der Waals surface area contributed by atoms with Crippen LogP contribution in [0.15, 0.2) is 29.2 Å². The number of rotatable bonds is 1. The predicted octanol–water partition coefficient (Wildman–Crippen LogP) is 0.295. The van der Waals surface area contributed by atoms with Crippen LogP contribution in [0.25, 0.3) is 0 Å². The van der Waals surface area contributed by atoms with Crippen LogP contribution in [0.3, 0.4) is 0 Å². The minimum absolute atomic E-state index is 0.980. The molecule has 1 aliphatic heterocycles. The van der Waals surface area contributed by atoms with Crippen LogP contribution in [0.2, 0.25) is 0 Å². The Hall–Kier alpha value is -0.750. The minimum Gasteiger partial charge on any atom is -0.349 e. The zero-order valence-electron chi connectivity index (χ0n) is 7.19. The van der Waals surface area contributed by atoms with Crippen molar-refractivity contribution in [3.63, 3.8) is 0 Å². The number of nitrogens with one attached hydrogen (secondary N) is 1. The van der Waals surface area contributed by atoms with Gasteiger partial charge in [0, 0.05) is 11.9 Å². The molecular formula is C8H11N3OS. The first-order valence-corrected chi connectivity index (χ1v) is 4.71. The van der Waals surface area contributed by atoms with Crippen molar-refractivity contribution < 1.29 is 5.11 Å². The van der Waals surface area contributed by atoms with Gasteiger partial charge >= 0.3 is 0 Å². The summed E-state index contributed by atoms with van der Waals surface area (Å²) in [6.07, 6.45) is 0. The molecule has 0 unspecified atom stereocenters.